The van der Waals surface area contributed by atoms with Crippen molar-refractivity contribution >= 4 is 0 Å². The monoisotopic (exact) mass is 229 g/mol. The molecule has 3 nitrogen and oxygen atoms in total. The molecule has 1 atom stereocenters. The molecular weight excluding hydrogens is 210 g/mol. The number of imidazole rings is 1. The summed E-state index contributed by atoms with van der Waals surface area (Å²) in [6.07, 6.45) is 4.78. The van der Waals surface area contributed by atoms with Gasteiger partial charge in [-0.3, -0.25) is 0 Å². The molecule has 0 spiro atoms. The first kappa shape index (κ1) is 11.9. The van der Waals surface area contributed by atoms with Crippen LogP contribution in [0.4, 0.5) is 0 Å². The van der Waals surface area contributed by atoms with Gasteiger partial charge in [-0.25, -0.2) is 4.98 Å². The van der Waals surface area contributed by atoms with E-state index in [1.54, 1.807) is 0 Å². The third-order valence-electron chi connectivity index (χ3n) is 3.02. The third kappa shape index (κ3) is 3.17. The molecule has 90 valence electrons. The zero-order valence-electron chi connectivity index (χ0n) is 10.4. The van der Waals surface area contributed by atoms with Gasteiger partial charge in [0.2, 0.25) is 0 Å². The standard InChI is InChI=1S/C14H19N3/c1-12(13-6-4-3-5-7-13)15-9-8-14-16-10-11-17(14)2/h3-7,10-12,15H,8-9H2,1-2H3. The third-order valence-corrected chi connectivity index (χ3v) is 3.02. The number of hydrogen-bond donors (Lipinski definition) is 1. The topological polar surface area (TPSA) is 29.9 Å². The van der Waals surface area contributed by atoms with Crippen LogP contribution in [0, 0.1) is 0 Å². The molecule has 1 heterocycles. The van der Waals surface area contributed by atoms with Crippen molar-refractivity contribution in [2.45, 2.75) is 19.4 Å². The Morgan fingerprint density at radius 2 is 2.06 bits per heavy atom. The van der Waals surface area contributed by atoms with Crippen LogP contribution < -0.4 is 5.32 Å². The molecule has 0 radical (unpaired) electrons. The average molecular weight is 229 g/mol. The molecule has 2 aromatic rings. The van der Waals surface area contributed by atoms with E-state index in [-0.39, 0.29) is 0 Å². The van der Waals surface area contributed by atoms with Crippen LogP contribution in [0.3, 0.4) is 0 Å². The lowest BCUT2D eigenvalue weighted by Crippen LogP contribution is -2.22. The summed E-state index contributed by atoms with van der Waals surface area (Å²) in [4.78, 5) is 4.31. The van der Waals surface area contributed by atoms with Gasteiger partial charge in [-0.05, 0) is 12.5 Å². The predicted octanol–water partition coefficient (Wildman–Crippen LogP) is 2.31. The first-order valence-electron chi connectivity index (χ1n) is 6.02. The molecule has 0 saturated heterocycles. The first-order chi connectivity index (χ1) is 8.27. The van der Waals surface area contributed by atoms with Gasteiger partial charge in [-0.1, -0.05) is 30.3 Å². The minimum absolute atomic E-state index is 0.386. The second kappa shape index (κ2) is 5.64. The van der Waals surface area contributed by atoms with Gasteiger partial charge in [0.1, 0.15) is 5.82 Å². The minimum Gasteiger partial charge on any atom is -0.338 e. The molecular formula is C14H19N3. The summed E-state index contributed by atoms with van der Waals surface area (Å²) in [5.41, 5.74) is 1.33. The zero-order valence-corrected chi connectivity index (χ0v) is 10.4. The summed E-state index contributed by atoms with van der Waals surface area (Å²) in [5.74, 6) is 1.12. The number of aryl methyl sites for hydroxylation is 1. The van der Waals surface area contributed by atoms with Gasteiger partial charge < -0.3 is 9.88 Å². The summed E-state index contributed by atoms with van der Waals surface area (Å²) in [5, 5.41) is 3.51. The Bertz CT molecular complexity index is 448. The molecule has 0 aliphatic heterocycles. The molecule has 0 fully saturated rings. The maximum absolute atomic E-state index is 4.31. The Kier molecular flexibility index (Phi) is 3.94. The molecule has 1 unspecified atom stereocenters. The van der Waals surface area contributed by atoms with Gasteiger partial charge in [0.15, 0.2) is 0 Å². The van der Waals surface area contributed by atoms with E-state index >= 15 is 0 Å². The molecule has 0 saturated carbocycles. The molecule has 2 rings (SSSR count). The van der Waals surface area contributed by atoms with Crippen molar-refractivity contribution in [2.24, 2.45) is 7.05 Å². The number of benzene rings is 1. The molecule has 1 aromatic carbocycles. The number of hydrogen-bond acceptors (Lipinski definition) is 2. The number of aromatic nitrogens is 2. The van der Waals surface area contributed by atoms with E-state index in [2.05, 4.69) is 46.1 Å². The van der Waals surface area contributed by atoms with Crippen LogP contribution in [0.1, 0.15) is 24.4 Å². The highest BCUT2D eigenvalue weighted by molar-refractivity contribution is 5.18. The fourth-order valence-corrected chi connectivity index (χ4v) is 1.90. The van der Waals surface area contributed by atoms with E-state index in [1.807, 2.05) is 25.5 Å². The lowest BCUT2D eigenvalue weighted by atomic mass is 10.1. The molecule has 3 heteroatoms. The van der Waals surface area contributed by atoms with Crippen molar-refractivity contribution in [2.75, 3.05) is 6.54 Å². The van der Waals surface area contributed by atoms with Crippen LogP contribution in [0.2, 0.25) is 0 Å². The second-order valence-corrected chi connectivity index (χ2v) is 4.29. The molecule has 0 aliphatic rings. The molecule has 0 bridgehead atoms. The molecule has 1 N–H and O–H groups in total. The normalized spacial score (nSPS) is 12.6. The predicted molar refractivity (Wildman–Crippen MR) is 69.8 cm³/mol. The summed E-state index contributed by atoms with van der Waals surface area (Å²) >= 11 is 0. The van der Waals surface area contributed by atoms with Crippen LogP contribution >= 0.6 is 0 Å². The largest absolute Gasteiger partial charge is 0.338 e. The van der Waals surface area contributed by atoms with E-state index in [0.29, 0.717) is 6.04 Å². The quantitative estimate of drug-likeness (QED) is 0.852. The highest BCUT2D eigenvalue weighted by Gasteiger charge is 2.04. The van der Waals surface area contributed by atoms with Gasteiger partial charge in [0.05, 0.1) is 0 Å². The van der Waals surface area contributed by atoms with Crippen LogP contribution in [-0.4, -0.2) is 16.1 Å². The Morgan fingerprint density at radius 3 is 2.71 bits per heavy atom. The van der Waals surface area contributed by atoms with E-state index in [0.717, 1.165) is 18.8 Å². The van der Waals surface area contributed by atoms with Gasteiger partial charge in [-0.15, -0.1) is 0 Å². The second-order valence-electron chi connectivity index (χ2n) is 4.29. The lowest BCUT2D eigenvalue weighted by Gasteiger charge is -2.13. The van der Waals surface area contributed by atoms with Crippen LogP contribution in [0.5, 0.6) is 0 Å². The zero-order chi connectivity index (χ0) is 12.1. The van der Waals surface area contributed by atoms with Crippen molar-refractivity contribution in [1.82, 2.24) is 14.9 Å². The lowest BCUT2D eigenvalue weighted by molar-refractivity contribution is 0.565. The van der Waals surface area contributed by atoms with Crippen LogP contribution in [0.25, 0.3) is 0 Å². The van der Waals surface area contributed by atoms with Crippen LogP contribution in [0.15, 0.2) is 42.7 Å². The van der Waals surface area contributed by atoms with Gasteiger partial charge >= 0.3 is 0 Å². The Balaban J connectivity index is 1.81. The van der Waals surface area contributed by atoms with Crippen LogP contribution in [-0.2, 0) is 13.5 Å². The molecule has 17 heavy (non-hydrogen) atoms. The summed E-state index contributed by atoms with van der Waals surface area (Å²) in [7, 11) is 2.03. The summed E-state index contributed by atoms with van der Waals surface area (Å²) in [6, 6.07) is 10.9. The van der Waals surface area contributed by atoms with Gasteiger partial charge in [0, 0.05) is 38.4 Å². The SMILES string of the molecule is CC(NCCc1nccn1C)c1ccccc1. The fourth-order valence-electron chi connectivity index (χ4n) is 1.90. The fraction of sp³-hybridized carbons (Fsp3) is 0.357. The highest BCUT2D eigenvalue weighted by Crippen LogP contribution is 2.10. The maximum atomic E-state index is 4.31. The summed E-state index contributed by atoms with van der Waals surface area (Å²) < 4.78 is 2.06. The number of rotatable bonds is 5. The number of nitrogens with one attached hydrogen (secondary N) is 1. The minimum atomic E-state index is 0.386. The Hall–Kier alpha value is -1.61. The maximum Gasteiger partial charge on any atom is 0.109 e. The van der Waals surface area contributed by atoms with Gasteiger partial charge in [-0.2, -0.15) is 0 Å². The van der Waals surface area contributed by atoms with E-state index in [4.69, 9.17) is 0 Å². The number of nitrogens with zero attached hydrogens (tertiary/aromatic N) is 2. The molecule has 0 aliphatic carbocycles. The Labute approximate surface area is 103 Å². The highest BCUT2D eigenvalue weighted by atomic mass is 15.0. The van der Waals surface area contributed by atoms with E-state index in [9.17, 15) is 0 Å². The van der Waals surface area contributed by atoms with E-state index in [1.165, 1.54) is 5.56 Å². The Morgan fingerprint density at radius 1 is 1.29 bits per heavy atom. The first-order valence-corrected chi connectivity index (χ1v) is 6.02. The van der Waals surface area contributed by atoms with Crippen molar-refractivity contribution in [1.29, 1.82) is 0 Å². The summed E-state index contributed by atoms with van der Waals surface area (Å²) in [6.45, 7) is 3.13. The average Bonchev–Trinajstić information content (AvgIpc) is 2.76. The van der Waals surface area contributed by atoms with E-state index < -0.39 is 0 Å². The van der Waals surface area contributed by atoms with Crippen molar-refractivity contribution in [3.63, 3.8) is 0 Å². The molecule has 1 aromatic heterocycles. The molecule has 0 amide bonds. The smallest absolute Gasteiger partial charge is 0.109 e. The van der Waals surface area contributed by atoms with Gasteiger partial charge in [0.25, 0.3) is 0 Å². The van der Waals surface area contributed by atoms with Crippen molar-refractivity contribution in [3.8, 4) is 0 Å². The van der Waals surface area contributed by atoms with Crippen molar-refractivity contribution in [3.05, 3.63) is 54.1 Å². The van der Waals surface area contributed by atoms with Crippen molar-refractivity contribution < 1.29 is 0 Å².